The number of alkyl halides is 3. The molecule has 0 fully saturated rings. The van der Waals surface area contributed by atoms with E-state index in [0.717, 1.165) is 18.2 Å². The number of hydrogen-bond donors (Lipinski definition) is 1. The van der Waals surface area contributed by atoms with Gasteiger partial charge in [-0.05, 0) is 24.3 Å². The van der Waals surface area contributed by atoms with Gasteiger partial charge in [0.25, 0.3) is 9.84 Å². The number of anilines is 1. The number of hydrogen-bond acceptors (Lipinski definition) is 6. The second-order valence-electron chi connectivity index (χ2n) is 5.50. The average Bonchev–Trinajstić information content (AvgIpc) is 2.60. The van der Waals surface area contributed by atoms with Crippen molar-refractivity contribution >= 4 is 27.1 Å². The maximum Gasteiger partial charge on any atom is 0.501 e. The van der Waals surface area contributed by atoms with E-state index in [2.05, 4.69) is 5.32 Å². The summed E-state index contributed by atoms with van der Waals surface area (Å²) in [4.78, 5) is -1.15. The molecular weight excluding hydrogens is 440 g/mol. The Morgan fingerprint density at radius 1 is 1.24 bits per heavy atom. The molecule has 0 radical (unpaired) electrons. The summed E-state index contributed by atoms with van der Waals surface area (Å²) in [5.41, 5.74) is -6.72. The molecular formula is C17H13ClF4N2O4S. The third-order valence-corrected chi connectivity index (χ3v) is 5.25. The van der Waals surface area contributed by atoms with Crippen LogP contribution in [0.5, 0.6) is 11.5 Å². The van der Waals surface area contributed by atoms with Gasteiger partial charge < -0.3 is 14.8 Å². The lowest BCUT2D eigenvalue weighted by atomic mass is 10.1. The number of halogens is 5. The van der Waals surface area contributed by atoms with E-state index in [1.54, 1.807) is 6.07 Å². The standard InChI is InChI=1S/C17H13ClF4N2O4S/c1-27-5-4-24-16-13(9-23)14(28-12-7-10(18)6-11(19)8-12)2-3-15(16)29(25,26)17(20,21)22/h2-3,6-8,24H,4-5H2,1H3. The van der Waals surface area contributed by atoms with Crippen molar-refractivity contribution in [3.05, 3.63) is 46.7 Å². The maximum atomic E-state index is 13.5. The van der Waals surface area contributed by atoms with Crippen molar-refractivity contribution in [2.24, 2.45) is 0 Å². The summed E-state index contributed by atoms with van der Waals surface area (Å²) in [6, 6.07) is 6.28. The summed E-state index contributed by atoms with van der Waals surface area (Å²) in [5, 5.41) is 11.9. The molecule has 0 heterocycles. The van der Waals surface area contributed by atoms with Crippen LogP contribution in [0.1, 0.15) is 5.56 Å². The molecule has 0 aliphatic heterocycles. The van der Waals surface area contributed by atoms with Gasteiger partial charge in [0, 0.05) is 24.7 Å². The third-order valence-electron chi connectivity index (χ3n) is 3.51. The fraction of sp³-hybridized carbons (Fsp3) is 0.235. The lowest BCUT2D eigenvalue weighted by Crippen LogP contribution is -2.25. The molecule has 2 aromatic carbocycles. The average molecular weight is 453 g/mol. The van der Waals surface area contributed by atoms with E-state index in [0.29, 0.717) is 6.07 Å². The minimum atomic E-state index is -5.77. The Morgan fingerprint density at radius 3 is 2.48 bits per heavy atom. The molecule has 0 unspecified atom stereocenters. The van der Waals surface area contributed by atoms with Crippen LogP contribution in [0, 0.1) is 17.1 Å². The molecule has 0 saturated heterocycles. The summed E-state index contributed by atoms with van der Waals surface area (Å²) in [5.74, 6) is -1.18. The van der Waals surface area contributed by atoms with Crippen LogP contribution in [0.2, 0.25) is 5.02 Å². The molecule has 0 atom stereocenters. The highest BCUT2D eigenvalue weighted by molar-refractivity contribution is 7.92. The molecule has 0 aliphatic carbocycles. The van der Waals surface area contributed by atoms with Gasteiger partial charge in [-0.2, -0.15) is 18.4 Å². The highest BCUT2D eigenvalue weighted by Crippen LogP contribution is 2.40. The van der Waals surface area contributed by atoms with Crippen LogP contribution in [0.4, 0.5) is 23.2 Å². The van der Waals surface area contributed by atoms with Gasteiger partial charge >= 0.3 is 5.51 Å². The Labute approximate surface area is 168 Å². The van der Waals surface area contributed by atoms with Gasteiger partial charge in [-0.25, -0.2) is 12.8 Å². The second kappa shape index (κ2) is 8.86. The molecule has 2 rings (SSSR count). The molecule has 0 aromatic heterocycles. The van der Waals surface area contributed by atoms with Crippen molar-refractivity contribution in [1.29, 1.82) is 5.26 Å². The third kappa shape index (κ3) is 5.09. The Bertz CT molecular complexity index is 1030. The van der Waals surface area contributed by atoms with Gasteiger partial charge in [0.1, 0.15) is 33.8 Å². The quantitative estimate of drug-likeness (QED) is 0.491. The van der Waals surface area contributed by atoms with Gasteiger partial charge in [0.05, 0.1) is 12.3 Å². The van der Waals surface area contributed by atoms with Crippen LogP contribution >= 0.6 is 11.6 Å². The molecule has 0 saturated carbocycles. The SMILES string of the molecule is COCCNc1c(S(=O)(=O)C(F)(F)F)ccc(Oc2cc(F)cc(Cl)c2)c1C#N. The lowest BCUT2D eigenvalue weighted by molar-refractivity contribution is -0.0435. The van der Waals surface area contributed by atoms with Crippen LogP contribution < -0.4 is 10.1 Å². The molecule has 12 heteroatoms. The lowest BCUT2D eigenvalue weighted by Gasteiger charge is -2.18. The number of rotatable bonds is 7. The number of nitrogens with one attached hydrogen (secondary N) is 1. The topological polar surface area (TPSA) is 88.4 Å². The fourth-order valence-corrected chi connectivity index (χ4v) is 3.43. The van der Waals surface area contributed by atoms with Crippen LogP contribution in [-0.2, 0) is 14.6 Å². The zero-order valence-corrected chi connectivity index (χ0v) is 16.3. The van der Waals surface area contributed by atoms with E-state index in [-0.39, 0.29) is 29.7 Å². The van der Waals surface area contributed by atoms with E-state index in [9.17, 15) is 31.2 Å². The van der Waals surface area contributed by atoms with Gasteiger partial charge in [-0.3, -0.25) is 0 Å². The number of sulfone groups is 1. The molecule has 0 aliphatic rings. The number of nitrogens with zero attached hydrogens (tertiary/aromatic N) is 1. The first kappa shape index (κ1) is 22.7. The van der Waals surface area contributed by atoms with E-state index >= 15 is 0 Å². The number of nitriles is 1. The summed E-state index contributed by atoms with van der Waals surface area (Å²) in [6.45, 7) is -0.0816. The smallest absolute Gasteiger partial charge is 0.456 e. The fourth-order valence-electron chi connectivity index (χ4n) is 2.28. The first-order valence-corrected chi connectivity index (χ1v) is 9.62. The van der Waals surface area contributed by atoms with E-state index in [4.69, 9.17) is 21.1 Å². The van der Waals surface area contributed by atoms with E-state index in [1.165, 1.54) is 13.2 Å². The largest absolute Gasteiger partial charge is 0.501 e. The van der Waals surface area contributed by atoms with Crippen molar-refractivity contribution < 1.29 is 35.5 Å². The minimum Gasteiger partial charge on any atom is -0.456 e. The summed E-state index contributed by atoms with van der Waals surface area (Å²) in [6.07, 6.45) is 0. The maximum absolute atomic E-state index is 13.5. The highest BCUT2D eigenvalue weighted by atomic mass is 35.5. The predicted octanol–water partition coefficient (Wildman–Crippen LogP) is 4.49. The van der Waals surface area contributed by atoms with Gasteiger partial charge in [0.15, 0.2) is 0 Å². The van der Waals surface area contributed by atoms with E-state index in [1.807, 2.05) is 0 Å². The molecule has 0 bridgehead atoms. The minimum absolute atomic E-state index is 0.0148. The summed E-state index contributed by atoms with van der Waals surface area (Å²) in [7, 11) is -4.44. The molecule has 0 amide bonds. The Morgan fingerprint density at radius 2 is 1.93 bits per heavy atom. The van der Waals surface area contributed by atoms with Crippen molar-refractivity contribution in [2.75, 3.05) is 25.6 Å². The Balaban J connectivity index is 2.63. The van der Waals surface area contributed by atoms with Gasteiger partial charge in [-0.1, -0.05) is 11.6 Å². The zero-order valence-electron chi connectivity index (χ0n) is 14.7. The highest BCUT2D eigenvalue weighted by Gasteiger charge is 2.48. The predicted molar refractivity (Wildman–Crippen MR) is 96.2 cm³/mol. The first-order chi connectivity index (χ1) is 13.5. The van der Waals surface area contributed by atoms with Crippen molar-refractivity contribution in [3.8, 4) is 17.6 Å². The molecule has 6 nitrogen and oxygen atoms in total. The summed E-state index contributed by atoms with van der Waals surface area (Å²) < 4.78 is 86.6. The van der Waals surface area contributed by atoms with Crippen LogP contribution in [0.3, 0.4) is 0 Å². The number of ether oxygens (including phenoxy) is 2. The molecule has 2 aromatic rings. The van der Waals surface area contributed by atoms with E-state index < -0.39 is 37.3 Å². The number of benzene rings is 2. The van der Waals surface area contributed by atoms with Crippen LogP contribution in [0.25, 0.3) is 0 Å². The van der Waals surface area contributed by atoms with Gasteiger partial charge in [0.2, 0.25) is 0 Å². The second-order valence-corrected chi connectivity index (χ2v) is 7.85. The Hall–Kier alpha value is -2.55. The molecule has 0 spiro atoms. The van der Waals surface area contributed by atoms with Crippen molar-refractivity contribution in [1.82, 2.24) is 0 Å². The number of methoxy groups -OCH3 is 1. The summed E-state index contributed by atoms with van der Waals surface area (Å²) >= 11 is 5.73. The van der Waals surface area contributed by atoms with Crippen molar-refractivity contribution in [3.63, 3.8) is 0 Å². The van der Waals surface area contributed by atoms with Crippen LogP contribution in [0.15, 0.2) is 35.2 Å². The first-order valence-electron chi connectivity index (χ1n) is 7.76. The normalized spacial score (nSPS) is 11.8. The molecule has 156 valence electrons. The van der Waals surface area contributed by atoms with Gasteiger partial charge in [-0.15, -0.1) is 0 Å². The van der Waals surface area contributed by atoms with Crippen LogP contribution in [-0.4, -0.2) is 34.2 Å². The Kier molecular flexibility index (Phi) is 6.94. The monoisotopic (exact) mass is 452 g/mol. The zero-order chi connectivity index (χ0) is 21.8. The van der Waals surface area contributed by atoms with Crippen molar-refractivity contribution in [2.45, 2.75) is 10.4 Å². The molecule has 29 heavy (non-hydrogen) atoms. The molecule has 1 N–H and O–H groups in total.